The number of fused-ring (bicyclic) bond motifs is 1. The summed E-state index contributed by atoms with van der Waals surface area (Å²) in [5.74, 6) is 0.494. The highest BCUT2D eigenvalue weighted by Gasteiger charge is 2.58. The summed E-state index contributed by atoms with van der Waals surface area (Å²) in [7, 11) is 0. The fourth-order valence-electron chi connectivity index (χ4n) is 2.58. The molecule has 1 aliphatic carbocycles. The topological polar surface area (TPSA) is 29.5 Å². The van der Waals surface area contributed by atoms with Gasteiger partial charge in [-0.3, -0.25) is 4.90 Å². The molecule has 2 heterocycles. The second kappa shape index (κ2) is 3.09. The van der Waals surface area contributed by atoms with E-state index in [-0.39, 0.29) is 6.09 Å². The van der Waals surface area contributed by atoms with Gasteiger partial charge in [-0.15, -0.1) is 0 Å². The monoisotopic (exact) mass is 215 g/mol. The predicted octanol–water partition coefficient (Wildman–Crippen LogP) is 2.36. The van der Waals surface area contributed by atoms with Crippen molar-refractivity contribution in [2.75, 3.05) is 13.2 Å². The van der Waals surface area contributed by atoms with E-state index in [4.69, 9.17) is 4.74 Å². The van der Waals surface area contributed by atoms with Crippen molar-refractivity contribution in [2.45, 2.75) is 44.8 Å². The highest BCUT2D eigenvalue weighted by Crippen LogP contribution is 2.51. The Morgan fingerprint density at radius 2 is 2.13 bits per heavy atom. The maximum atomic E-state index is 12.9. The lowest BCUT2D eigenvalue weighted by Gasteiger charge is -2.39. The normalized spacial score (nSPS) is 33.9. The van der Waals surface area contributed by atoms with Crippen LogP contribution >= 0.6 is 0 Å². The molecule has 0 N–H and O–H groups in total. The number of alkyl halides is 1. The number of hydrogen-bond donors (Lipinski definition) is 0. The second-order valence-corrected chi connectivity index (χ2v) is 5.72. The summed E-state index contributed by atoms with van der Waals surface area (Å²) in [6, 6.07) is 0. The van der Waals surface area contributed by atoms with E-state index in [1.54, 1.807) is 4.90 Å². The van der Waals surface area contributed by atoms with Crippen LogP contribution in [-0.2, 0) is 4.74 Å². The Morgan fingerprint density at radius 3 is 2.60 bits per heavy atom. The molecule has 1 amide bonds. The third-order valence-electron chi connectivity index (χ3n) is 3.21. The molecule has 3 aliphatic rings. The molecule has 2 bridgehead atoms. The first kappa shape index (κ1) is 10.7. The molecule has 0 atom stereocenters. The molecule has 3 fully saturated rings. The van der Waals surface area contributed by atoms with Crippen LogP contribution in [0.2, 0.25) is 0 Å². The maximum absolute atomic E-state index is 12.9. The van der Waals surface area contributed by atoms with Crippen molar-refractivity contribution in [1.29, 1.82) is 0 Å². The molecule has 1 saturated carbocycles. The molecule has 4 heteroatoms. The minimum absolute atomic E-state index is 0.361. The zero-order valence-electron chi connectivity index (χ0n) is 9.55. The summed E-state index contributed by atoms with van der Waals surface area (Å²) in [6.07, 6.45) is 1.26. The lowest BCUT2D eigenvalue weighted by molar-refractivity contribution is 0.00103. The molecular formula is C11H18FNO2. The Morgan fingerprint density at radius 1 is 1.53 bits per heavy atom. The van der Waals surface area contributed by atoms with Crippen LogP contribution in [0.15, 0.2) is 0 Å². The molecule has 86 valence electrons. The number of halogens is 1. The van der Waals surface area contributed by atoms with Crippen molar-refractivity contribution in [2.24, 2.45) is 5.92 Å². The molecule has 0 aromatic rings. The van der Waals surface area contributed by atoms with E-state index in [1.165, 1.54) is 0 Å². The van der Waals surface area contributed by atoms with E-state index < -0.39 is 17.8 Å². The first-order chi connectivity index (χ1) is 6.86. The van der Waals surface area contributed by atoms with Gasteiger partial charge in [0.2, 0.25) is 0 Å². The summed E-state index contributed by atoms with van der Waals surface area (Å²) in [4.78, 5) is 13.4. The van der Waals surface area contributed by atoms with Gasteiger partial charge in [-0.25, -0.2) is 9.18 Å². The number of nitrogens with zero attached hydrogens (tertiary/aromatic N) is 1. The number of carbonyl (C=O) groups is 1. The van der Waals surface area contributed by atoms with Crippen molar-refractivity contribution in [3.63, 3.8) is 0 Å². The van der Waals surface area contributed by atoms with Gasteiger partial charge in [-0.2, -0.15) is 0 Å². The zero-order valence-corrected chi connectivity index (χ0v) is 9.55. The van der Waals surface area contributed by atoms with Crippen LogP contribution in [0.4, 0.5) is 9.18 Å². The Labute approximate surface area is 89.6 Å². The van der Waals surface area contributed by atoms with E-state index in [0.717, 1.165) is 12.8 Å². The predicted molar refractivity (Wildman–Crippen MR) is 54.4 cm³/mol. The van der Waals surface area contributed by atoms with E-state index in [2.05, 4.69) is 0 Å². The summed E-state index contributed by atoms with van der Waals surface area (Å²) in [5.41, 5.74) is -1.02. The van der Waals surface area contributed by atoms with Crippen LogP contribution in [-0.4, -0.2) is 35.4 Å². The van der Waals surface area contributed by atoms with Crippen LogP contribution in [0.25, 0.3) is 0 Å². The number of rotatable bonds is 1. The molecule has 0 aromatic carbocycles. The minimum atomic E-state index is -0.521. The first-order valence-corrected chi connectivity index (χ1v) is 5.43. The molecule has 2 aliphatic heterocycles. The zero-order chi connectivity index (χ0) is 11.3. The van der Waals surface area contributed by atoms with Crippen LogP contribution in [0, 0.1) is 5.92 Å². The summed E-state index contributed by atoms with van der Waals surface area (Å²) < 4.78 is 18.2. The van der Waals surface area contributed by atoms with Crippen molar-refractivity contribution in [3.8, 4) is 0 Å². The standard InChI is InChI=1S/C11H18FNO2/c1-10(2,3)15-9(14)13-6-8-4-11(13,5-8)7-12/h8H,4-7H2,1-3H3. The van der Waals surface area contributed by atoms with Gasteiger partial charge in [0, 0.05) is 6.54 Å². The number of ether oxygens (including phenoxy) is 1. The fourth-order valence-corrected chi connectivity index (χ4v) is 2.58. The van der Waals surface area contributed by atoms with E-state index in [9.17, 15) is 9.18 Å². The highest BCUT2D eigenvalue weighted by molar-refractivity contribution is 5.70. The molecule has 3 nitrogen and oxygen atoms in total. The van der Waals surface area contributed by atoms with Gasteiger partial charge in [0.25, 0.3) is 0 Å². The maximum Gasteiger partial charge on any atom is 0.410 e. The van der Waals surface area contributed by atoms with E-state index in [1.807, 2.05) is 20.8 Å². The van der Waals surface area contributed by atoms with Crippen LogP contribution in [0.1, 0.15) is 33.6 Å². The average molecular weight is 215 g/mol. The molecule has 3 rings (SSSR count). The molecule has 15 heavy (non-hydrogen) atoms. The van der Waals surface area contributed by atoms with E-state index >= 15 is 0 Å². The van der Waals surface area contributed by atoms with Gasteiger partial charge in [0.05, 0.1) is 5.54 Å². The number of hydrogen-bond acceptors (Lipinski definition) is 2. The first-order valence-electron chi connectivity index (χ1n) is 5.43. The summed E-state index contributed by atoms with van der Waals surface area (Å²) >= 11 is 0. The van der Waals surface area contributed by atoms with Gasteiger partial charge in [0.15, 0.2) is 0 Å². The Kier molecular flexibility index (Phi) is 2.21. The molecule has 0 radical (unpaired) electrons. The third kappa shape index (κ3) is 1.70. The van der Waals surface area contributed by atoms with Crippen LogP contribution < -0.4 is 0 Å². The number of carbonyl (C=O) groups excluding carboxylic acids is 1. The quantitative estimate of drug-likeness (QED) is 0.672. The summed E-state index contributed by atoms with van der Waals surface area (Å²) in [5, 5.41) is 0. The van der Waals surface area contributed by atoms with Gasteiger partial charge in [-0.05, 0) is 39.5 Å². The SMILES string of the molecule is CC(C)(C)OC(=O)N1CC2CC1(CF)C2. The van der Waals surface area contributed by atoms with Gasteiger partial charge >= 0.3 is 6.09 Å². The van der Waals surface area contributed by atoms with Gasteiger partial charge < -0.3 is 4.74 Å². The largest absolute Gasteiger partial charge is 0.444 e. The minimum Gasteiger partial charge on any atom is -0.444 e. The Hall–Kier alpha value is -0.800. The lowest BCUT2D eigenvalue weighted by Crippen LogP contribution is -2.51. The molecule has 0 spiro atoms. The van der Waals surface area contributed by atoms with Gasteiger partial charge in [0.1, 0.15) is 12.3 Å². The Balaban J connectivity index is 2.03. The lowest BCUT2D eigenvalue weighted by atomic mass is 9.74. The average Bonchev–Trinajstić information content (AvgIpc) is 2.52. The summed E-state index contributed by atoms with van der Waals surface area (Å²) in [6.45, 7) is 5.70. The molecule has 0 aromatic heterocycles. The smallest absolute Gasteiger partial charge is 0.410 e. The van der Waals surface area contributed by atoms with E-state index in [0.29, 0.717) is 12.5 Å². The van der Waals surface area contributed by atoms with Crippen molar-refractivity contribution in [1.82, 2.24) is 4.90 Å². The van der Waals surface area contributed by atoms with Gasteiger partial charge in [-0.1, -0.05) is 0 Å². The molecule has 0 unspecified atom stereocenters. The van der Waals surface area contributed by atoms with Crippen molar-refractivity contribution >= 4 is 6.09 Å². The second-order valence-electron chi connectivity index (χ2n) is 5.72. The fraction of sp³-hybridized carbons (Fsp3) is 0.909. The highest BCUT2D eigenvalue weighted by atomic mass is 19.1. The van der Waals surface area contributed by atoms with Crippen molar-refractivity contribution in [3.05, 3.63) is 0 Å². The van der Waals surface area contributed by atoms with Crippen LogP contribution in [0.5, 0.6) is 0 Å². The number of amides is 1. The third-order valence-corrected chi connectivity index (χ3v) is 3.21. The van der Waals surface area contributed by atoms with Crippen LogP contribution in [0.3, 0.4) is 0 Å². The molecular weight excluding hydrogens is 197 g/mol. The Bertz CT molecular complexity index is 279. The molecule has 2 saturated heterocycles. The van der Waals surface area contributed by atoms with Crippen molar-refractivity contribution < 1.29 is 13.9 Å².